The monoisotopic (exact) mass is 356 g/mol. The summed E-state index contributed by atoms with van der Waals surface area (Å²) in [4.78, 5) is 20.9. The van der Waals surface area contributed by atoms with Gasteiger partial charge in [-0.25, -0.2) is 0 Å². The fourth-order valence-corrected chi connectivity index (χ4v) is 3.19. The minimum atomic E-state index is -0.0458. The summed E-state index contributed by atoms with van der Waals surface area (Å²) in [6.07, 6.45) is 0. The van der Waals surface area contributed by atoms with E-state index in [1.54, 1.807) is 29.2 Å². The van der Waals surface area contributed by atoms with Gasteiger partial charge in [-0.05, 0) is 30.3 Å². The van der Waals surface area contributed by atoms with Crippen molar-refractivity contribution in [1.82, 2.24) is 9.88 Å². The Morgan fingerprint density at radius 2 is 1.88 bits per heavy atom. The second-order valence-electron chi connectivity index (χ2n) is 5.98. The number of carbonyl (C=O) groups excluding carboxylic acids is 1. The lowest BCUT2D eigenvalue weighted by atomic mass is 10.2. The zero-order chi connectivity index (χ0) is 17.4. The highest BCUT2D eigenvalue weighted by Gasteiger charge is 2.25. The number of oxazole rings is 1. The van der Waals surface area contributed by atoms with E-state index >= 15 is 0 Å². The fourth-order valence-electron chi connectivity index (χ4n) is 2.97. The van der Waals surface area contributed by atoms with Crippen molar-refractivity contribution < 1.29 is 9.21 Å². The Kier molecular flexibility index (Phi) is 3.97. The summed E-state index contributed by atoms with van der Waals surface area (Å²) in [7, 11) is 0. The third kappa shape index (κ3) is 3.00. The standard InChI is InChI=1S/C18H17ClN4O2/c19-14-4-2-1-3-13(14)17(24)22-7-9-23(10-8-22)18-21-15-11-12(20)5-6-16(15)25-18/h1-6,11H,7-10,20H2. The first-order valence-electron chi connectivity index (χ1n) is 8.06. The summed E-state index contributed by atoms with van der Waals surface area (Å²) >= 11 is 6.13. The predicted molar refractivity (Wildman–Crippen MR) is 98.0 cm³/mol. The SMILES string of the molecule is Nc1ccc2oc(N3CCN(C(=O)c4ccccc4Cl)CC3)nc2c1. The number of anilines is 2. The first kappa shape index (κ1) is 15.8. The van der Waals surface area contributed by atoms with Gasteiger partial charge in [0.1, 0.15) is 5.52 Å². The van der Waals surface area contributed by atoms with Crippen molar-refractivity contribution in [2.45, 2.75) is 0 Å². The third-order valence-corrected chi connectivity index (χ3v) is 4.67. The smallest absolute Gasteiger partial charge is 0.298 e. The largest absolute Gasteiger partial charge is 0.423 e. The van der Waals surface area contributed by atoms with Gasteiger partial charge in [-0.1, -0.05) is 23.7 Å². The highest BCUT2D eigenvalue weighted by atomic mass is 35.5. The van der Waals surface area contributed by atoms with E-state index in [1.165, 1.54) is 0 Å². The van der Waals surface area contributed by atoms with Crippen molar-refractivity contribution in [2.24, 2.45) is 0 Å². The summed E-state index contributed by atoms with van der Waals surface area (Å²) < 4.78 is 5.80. The predicted octanol–water partition coefficient (Wildman–Crippen LogP) is 3.03. The number of benzene rings is 2. The van der Waals surface area contributed by atoms with Crippen LogP contribution in [-0.2, 0) is 0 Å². The van der Waals surface area contributed by atoms with Gasteiger partial charge in [0.15, 0.2) is 5.58 Å². The number of halogens is 1. The summed E-state index contributed by atoms with van der Waals surface area (Å²) in [5, 5.41) is 0.478. The van der Waals surface area contributed by atoms with E-state index in [2.05, 4.69) is 4.98 Å². The molecule has 1 saturated heterocycles. The van der Waals surface area contributed by atoms with Crippen LogP contribution >= 0.6 is 11.6 Å². The van der Waals surface area contributed by atoms with Crippen LogP contribution in [0.2, 0.25) is 5.02 Å². The molecule has 128 valence electrons. The number of hydrogen-bond acceptors (Lipinski definition) is 5. The maximum atomic E-state index is 12.6. The Labute approximate surface area is 149 Å². The molecule has 0 spiro atoms. The molecule has 0 aliphatic carbocycles. The summed E-state index contributed by atoms with van der Waals surface area (Å²) in [6, 6.07) is 13.1. The molecule has 1 fully saturated rings. The Bertz CT molecular complexity index is 932. The van der Waals surface area contributed by atoms with Gasteiger partial charge >= 0.3 is 0 Å². The lowest BCUT2D eigenvalue weighted by Crippen LogP contribution is -2.49. The van der Waals surface area contributed by atoms with Crippen molar-refractivity contribution in [3.63, 3.8) is 0 Å². The average Bonchev–Trinajstić information content (AvgIpc) is 3.05. The summed E-state index contributed by atoms with van der Waals surface area (Å²) in [6.45, 7) is 2.48. The molecule has 4 rings (SSSR count). The number of nitrogen functional groups attached to an aromatic ring is 1. The highest BCUT2D eigenvalue weighted by molar-refractivity contribution is 6.33. The van der Waals surface area contributed by atoms with E-state index in [9.17, 15) is 4.79 Å². The van der Waals surface area contributed by atoms with Crippen molar-refractivity contribution in [1.29, 1.82) is 0 Å². The first-order chi connectivity index (χ1) is 12.1. The van der Waals surface area contributed by atoms with Crippen molar-refractivity contribution >= 4 is 40.3 Å². The molecule has 25 heavy (non-hydrogen) atoms. The normalized spacial score (nSPS) is 14.9. The Morgan fingerprint density at radius 1 is 1.12 bits per heavy atom. The van der Waals surface area contributed by atoms with Gasteiger partial charge in [0.25, 0.3) is 11.9 Å². The van der Waals surface area contributed by atoms with E-state index in [0.717, 1.165) is 5.52 Å². The van der Waals surface area contributed by atoms with Crippen LogP contribution in [0.4, 0.5) is 11.7 Å². The third-order valence-electron chi connectivity index (χ3n) is 4.34. The highest BCUT2D eigenvalue weighted by Crippen LogP contribution is 2.25. The number of rotatable bonds is 2. The molecule has 1 amide bonds. The molecule has 0 radical (unpaired) electrons. The maximum absolute atomic E-state index is 12.6. The van der Waals surface area contributed by atoms with E-state index in [-0.39, 0.29) is 5.91 Å². The van der Waals surface area contributed by atoms with Crippen LogP contribution in [0.1, 0.15) is 10.4 Å². The van der Waals surface area contributed by atoms with Gasteiger partial charge in [-0.2, -0.15) is 4.98 Å². The number of piperazine rings is 1. The summed E-state index contributed by atoms with van der Waals surface area (Å²) in [5.74, 6) is -0.0458. The number of nitrogens with zero attached hydrogens (tertiary/aromatic N) is 3. The molecule has 1 aliphatic heterocycles. The minimum Gasteiger partial charge on any atom is -0.423 e. The number of hydrogen-bond donors (Lipinski definition) is 1. The summed E-state index contributed by atoms with van der Waals surface area (Å²) in [5.41, 5.74) is 8.42. The molecular weight excluding hydrogens is 340 g/mol. The average molecular weight is 357 g/mol. The molecule has 2 aromatic carbocycles. The van der Waals surface area contributed by atoms with Crippen LogP contribution in [0.15, 0.2) is 46.9 Å². The van der Waals surface area contributed by atoms with E-state index in [0.29, 0.717) is 54.1 Å². The lowest BCUT2D eigenvalue weighted by Gasteiger charge is -2.34. The van der Waals surface area contributed by atoms with Crippen LogP contribution < -0.4 is 10.6 Å². The zero-order valence-electron chi connectivity index (χ0n) is 13.5. The molecule has 1 aromatic heterocycles. The first-order valence-corrected chi connectivity index (χ1v) is 8.44. The second kappa shape index (κ2) is 6.29. The molecule has 0 unspecified atom stereocenters. The van der Waals surface area contributed by atoms with Crippen molar-refractivity contribution in [3.05, 3.63) is 53.1 Å². The molecule has 0 bridgehead atoms. The number of aromatic nitrogens is 1. The number of nitrogens with two attached hydrogens (primary N) is 1. The number of carbonyl (C=O) groups is 1. The van der Waals surface area contributed by atoms with Gasteiger partial charge in [-0.15, -0.1) is 0 Å². The molecule has 7 heteroatoms. The van der Waals surface area contributed by atoms with Crippen LogP contribution in [0.5, 0.6) is 0 Å². The molecule has 2 N–H and O–H groups in total. The Hall–Kier alpha value is -2.73. The minimum absolute atomic E-state index is 0.0458. The van der Waals surface area contributed by atoms with E-state index in [4.69, 9.17) is 21.8 Å². The lowest BCUT2D eigenvalue weighted by molar-refractivity contribution is 0.0745. The van der Waals surface area contributed by atoms with Crippen LogP contribution in [0, 0.1) is 0 Å². The molecule has 3 aromatic rings. The van der Waals surface area contributed by atoms with Gasteiger partial charge in [-0.3, -0.25) is 4.79 Å². The molecule has 0 saturated carbocycles. The molecular formula is C18H17ClN4O2. The van der Waals surface area contributed by atoms with Crippen molar-refractivity contribution in [2.75, 3.05) is 36.8 Å². The molecule has 2 heterocycles. The van der Waals surface area contributed by atoms with Crippen LogP contribution in [0.3, 0.4) is 0 Å². The zero-order valence-corrected chi connectivity index (χ0v) is 14.2. The van der Waals surface area contributed by atoms with Crippen LogP contribution in [0.25, 0.3) is 11.1 Å². The van der Waals surface area contributed by atoms with Gasteiger partial charge < -0.3 is 20.0 Å². The van der Waals surface area contributed by atoms with Gasteiger partial charge in [0.05, 0.1) is 10.6 Å². The molecule has 1 aliphatic rings. The van der Waals surface area contributed by atoms with Crippen LogP contribution in [-0.4, -0.2) is 42.0 Å². The van der Waals surface area contributed by atoms with E-state index in [1.807, 2.05) is 23.1 Å². The molecule has 0 atom stereocenters. The van der Waals surface area contributed by atoms with Gasteiger partial charge in [0.2, 0.25) is 0 Å². The Morgan fingerprint density at radius 3 is 2.64 bits per heavy atom. The second-order valence-corrected chi connectivity index (χ2v) is 6.39. The number of fused-ring (bicyclic) bond motifs is 1. The quantitative estimate of drug-likeness (QED) is 0.714. The molecule has 6 nitrogen and oxygen atoms in total. The topological polar surface area (TPSA) is 75.6 Å². The van der Waals surface area contributed by atoms with Gasteiger partial charge in [0, 0.05) is 31.9 Å². The van der Waals surface area contributed by atoms with Crippen molar-refractivity contribution in [3.8, 4) is 0 Å². The van der Waals surface area contributed by atoms with E-state index < -0.39 is 0 Å². The Balaban J connectivity index is 1.47. The number of amides is 1. The maximum Gasteiger partial charge on any atom is 0.298 e. The fraction of sp³-hybridized carbons (Fsp3) is 0.222.